The number of hydrogen-bond donors (Lipinski definition) is 0. The number of hydrogen-bond acceptors (Lipinski definition) is 2. The second-order valence-electron chi connectivity index (χ2n) is 3.68. The lowest BCUT2D eigenvalue weighted by Crippen LogP contribution is -1.88. The Morgan fingerprint density at radius 1 is 0.810 bits per heavy atom. The molecular weight excluding hydrogens is 417 g/mol. The second-order valence-corrected chi connectivity index (χ2v) is 5.39. The topological polar surface area (TPSA) is 18.5 Å². The van der Waals surface area contributed by atoms with E-state index in [1.165, 1.54) is 20.3 Å². The Morgan fingerprint density at radius 3 is 1.81 bits per heavy atom. The van der Waals surface area contributed by atoms with E-state index < -0.39 is 11.6 Å². The van der Waals surface area contributed by atoms with E-state index in [2.05, 4.69) is 36.6 Å². The van der Waals surface area contributed by atoms with Gasteiger partial charge in [0.05, 0.1) is 18.7 Å². The highest BCUT2D eigenvalue weighted by Crippen LogP contribution is 2.24. The third-order valence-corrected chi connectivity index (χ3v) is 3.56. The van der Waals surface area contributed by atoms with E-state index >= 15 is 0 Å². The van der Waals surface area contributed by atoms with Crippen LogP contribution in [0.1, 0.15) is 0 Å². The van der Waals surface area contributed by atoms with Crippen LogP contribution in [0.2, 0.25) is 0 Å². The first-order chi connectivity index (χ1) is 9.88. The highest BCUT2D eigenvalue weighted by Gasteiger charge is 2.07. The van der Waals surface area contributed by atoms with E-state index in [1.807, 2.05) is 0 Å². The maximum atomic E-state index is 12.7. The lowest BCUT2D eigenvalue weighted by Gasteiger charge is -2.01. The van der Waals surface area contributed by atoms with Crippen LogP contribution in [0.3, 0.4) is 0 Å². The Kier molecular flexibility index (Phi) is 7.04. The number of rotatable bonds is 2. The molecule has 0 saturated heterocycles. The van der Waals surface area contributed by atoms with Crippen LogP contribution in [0.15, 0.2) is 39.3 Å². The van der Waals surface area contributed by atoms with Crippen LogP contribution in [0.4, 0.5) is 13.2 Å². The van der Waals surface area contributed by atoms with Gasteiger partial charge in [0.15, 0.2) is 11.6 Å². The lowest BCUT2D eigenvalue weighted by atomic mass is 10.3. The number of halogens is 5. The Morgan fingerprint density at radius 2 is 1.38 bits per heavy atom. The molecule has 2 nitrogen and oxygen atoms in total. The molecule has 7 heteroatoms. The molecule has 2 aromatic rings. The van der Waals surface area contributed by atoms with Gasteiger partial charge in [-0.2, -0.15) is 0 Å². The van der Waals surface area contributed by atoms with Crippen LogP contribution >= 0.6 is 31.9 Å². The van der Waals surface area contributed by atoms with Gasteiger partial charge in [0.1, 0.15) is 17.4 Å². The molecule has 0 aromatic heterocycles. The molecule has 2 aromatic carbocycles. The average Bonchev–Trinajstić information content (AvgIpc) is 2.45. The van der Waals surface area contributed by atoms with E-state index in [-0.39, 0.29) is 21.8 Å². The summed E-state index contributed by atoms with van der Waals surface area (Å²) in [4.78, 5) is 0. The van der Waals surface area contributed by atoms with Crippen LogP contribution in [-0.2, 0) is 0 Å². The quantitative estimate of drug-likeness (QED) is 0.603. The Bertz CT molecular complexity index is 598. The molecule has 0 heterocycles. The highest BCUT2D eigenvalue weighted by molar-refractivity contribution is 9.10. The molecule has 0 fully saturated rings. The van der Waals surface area contributed by atoms with Crippen LogP contribution in [0, 0.1) is 17.5 Å². The predicted octanol–water partition coefficient (Wildman–Crippen LogP) is 5.33. The van der Waals surface area contributed by atoms with Crippen molar-refractivity contribution in [1.29, 1.82) is 0 Å². The first-order valence-corrected chi connectivity index (χ1v) is 7.15. The van der Waals surface area contributed by atoms with E-state index in [0.29, 0.717) is 4.47 Å². The molecule has 2 rings (SSSR count). The summed E-state index contributed by atoms with van der Waals surface area (Å²) in [6.07, 6.45) is 0. The van der Waals surface area contributed by atoms with E-state index in [1.54, 1.807) is 12.1 Å². The molecule has 0 saturated carbocycles. The molecule has 0 atom stereocenters. The number of ether oxygens (including phenoxy) is 2. The molecule has 0 aliphatic rings. The maximum absolute atomic E-state index is 12.7. The van der Waals surface area contributed by atoms with Crippen molar-refractivity contribution in [3.05, 3.63) is 56.7 Å². The zero-order valence-electron chi connectivity index (χ0n) is 11.1. The van der Waals surface area contributed by atoms with Crippen molar-refractivity contribution in [3.63, 3.8) is 0 Å². The van der Waals surface area contributed by atoms with Crippen LogP contribution in [-0.4, -0.2) is 14.2 Å². The number of benzene rings is 2. The fraction of sp³-hybridized carbons (Fsp3) is 0.143. The minimum Gasteiger partial charge on any atom is -0.497 e. The summed E-state index contributed by atoms with van der Waals surface area (Å²) in [5, 5.41) is 0. The van der Waals surface area contributed by atoms with Gasteiger partial charge in [-0.3, -0.25) is 0 Å². The maximum Gasteiger partial charge on any atom is 0.166 e. The van der Waals surface area contributed by atoms with Gasteiger partial charge in [-0.05, 0) is 34.1 Å². The summed E-state index contributed by atoms with van der Waals surface area (Å²) in [6.45, 7) is 0. The molecule has 21 heavy (non-hydrogen) atoms. The lowest BCUT2D eigenvalue weighted by molar-refractivity contribution is 0.386. The Balaban J connectivity index is 0.000000211. The SMILES string of the molecule is COc1cc(F)c(Br)c(F)c1.COc1ccc(Br)cc1F. The van der Waals surface area contributed by atoms with Gasteiger partial charge in [0.2, 0.25) is 0 Å². The van der Waals surface area contributed by atoms with Crippen LogP contribution in [0.25, 0.3) is 0 Å². The van der Waals surface area contributed by atoms with E-state index in [0.717, 1.165) is 12.1 Å². The van der Waals surface area contributed by atoms with Gasteiger partial charge in [0.25, 0.3) is 0 Å². The monoisotopic (exact) mass is 426 g/mol. The molecule has 0 bridgehead atoms. The first kappa shape index (κ1) is 17.8. The predicted molar refractivity (Wildman–Crippen MR) is 81.3 cm³/mol. The minimum atomic E-state index is -0.665. The Labute approximate surface area is 137 Å². The van der Waals surface area contributed by atoms with Crippen molar-refractivity contribution in [2.75, 3.05) is 14.2 Å². The third-order valence-electron chi connectivity index (χ3n) is 2.31. The molecule has 0 aliphatic carbocycles. The summed E-state index contributed by atoms with van der Waals surface area (Å²) in [5.74, 6) is -1.24. The van der Waals surface area contributed by atoms with Gasteiger partial charge >= 0.3 is 0 Å². The van der Waals surface area contributed by atoms with Crippen molar-refractivity contribution < 1.29 is 22.6 Å². The number of methoxy groups -OCH3 is 2. The molecule has 0 spiro atoms. The largest absolute Gasteiger partial charge is 0.497 e. The molecule has 0 radical (unpaired) electrons. The molecule has 0 aliphatic heterocycles. The fourth-order valence-corrected chi connectivity index (χ4v) is 1.85. The second kappa shape index (κ2) is 8.29. The van der Waals surface area contributed by atoms with Crippen molar-refractivity contribution >= 4 is 31.9 Å². The average molecular weight is 428 g/mol. The van der Waals surface area contributed by atoms with E-state index in [4.69, 9.17) is 4.74 Å². The highest BCUT2D eigenvalue weighted by atomic mass is 79.9. The first-order valence-electron chi connectivity index (χ1n) is 5.56. The van der Waals surface area contributed by atoms with Crippen molar-refractivity contribution in [1.82, 2.24) is 0 Å². The van der Waals surface area contributed by atoms with Gasteiger partial charge in [0, 0.05) is 16.6 Å². The van der Waals surface area contributed by atoms with Gasteiger partial charge in [-0.25, -0.2) is 13.2 Å². The van der Waals surface area contributed by atoms with Gasteiger partial charge in [-0.1, -0.05) is 15.9 Å². The van der Waals surface area contributed by atoms with Crippen molar-refractivity contribution in [2.45, 2.75) is 0 Å². The van der Waals surface area contributed by atoms with Crippen molar-refractivity contribution in [2.24, 2.45) is 0 Å². The van der Waals surface area contributed by atoms with E-state index in [9.17, 15) is 13.2 Å². The fourth-order valence-electron chi connectivity index (χ4n) is 1.29. The molecule has 114 valence electrons. The smallest absolute Gasteiger partial charge is 0.166 e. The van der Waals surface area contributed by atoms with Crippen LogP contribution < -0.4 is 9.47 Å². The molecule has 0 N–H and O–H groups in total. The van der Waals surface area contributed by atoms with Gasteiger partial charge < -0.3 is 9.47 Å². The minimum absolute atomic E-state index is 0.168. The van der Waals surface area contributed by atoms with Crippen LogP contribution in [0.5, 0.6) is 11.5 Å². The summed E-state index contributed by atoms with van der Waals surface area (Å²) in [6, 6.07) is 6.86. The summed E-state index contributed by atoms with van der Waals surface area (Å²) in [5.41, 5.74) is 0. The Hall–Kier alpha value is -1.21. The standard InChI is InChI=1S/C7H5BrF2O.C7H6BrFO/c1-11-4-2-5(9)7(8)6(10)3-4;1-10-7-3-2-5(8)4-6(7)9/h2-3H,1H3;2-4H,1H3. The summed E-state index contributed by atoms with van der Waals surface area (Å²) < 4.78 is 47.9. The zero-order chi connectivity index (χ0) is 16.0. The zero-order valence-corrected chi connectivity index (χ0v) is 14.3. The van der Waals surface area contributed by atoms with Gasteiger partial charge in [-0.15, -0.1) is 0 Å². The third kappa shape index (κ3) is 5.24. The normalized spacial score (nSPS) is 9.67. The molecule has 0 amide bonds. The molecule has 0 unspecified atom stereocenters. The molecular formula is C14H11Br2F3O2. The summed E-state index contributed by atoms with van der Waals surface area (Å²) >= 11 is 5.87. The summed E-state index contributed by atoms with van der Waals surface area (Å²) in [7, 11) is 2.79. The van der Waals surface area contributed by atoms with Crippen molar-refractivity contribution in [3.8, 4) is 11.5 Å².